The fourth-order valence-electron chi connectivity index (χ4n) is 0.745. The molecule has 0 spiro atoms. The van der Waals surface area contributed by atoms with E-state index in [1.54, 1.807) is 0 Å². The fraction of sp³-hybridized carbons (Fsp3) is 0.143. The van der Waals surface area contributed by atoms with E-state index in [4.69, 9.17) is 0 Å². The number of rotatable bonds is 2. The number of nitrogens with one attached hydrogen (secondary N) is 2. The van der Waals surface area contributed by atoms with Crippen LogP contribution in [0.3, 0.4) is 0 Å². The molecule has 0 aliphatic heterocycles. The van der Waals surface area contributed by atoms with Crippen LogP contribution in [0.4, 0.5) is 0 Å². The summed E-state index contributed by atoms with van der Waals surface area (Å²) < 4.78 is 0. The van der Waals surface area contributed by atoms with Crippen LogP contribution in [0.25, 0.3) is 0 Å². The summed E-state index contributed by atoms with van der Waals surface area (Å²) in [4.78, 5) is 23.7. The molecule has 1 amide bonds. The maximum atomic E-state index is 10.9. The molecule has 1 aromatic heterocycles. The first-order valence-electron chi connectivity index (χ1n) is 3.13. The van der Waals surface area contributed by atoms with E-state index in [-0.39, 0.29) is 5.91 Å². The molecule has 1 heterocycles. The topological polar surface area (TPSA) is 62.0 Å². The van der Waals surface area contributed by atoms with E-state index in [2.05, 4.69) is 10.3 Å². The Bertz CT molecular complexity index is 278. The predicted molar refractivity (Wildman–Crippen MR) is 39.6 cm³/mol. The summed E-state index contributed by atoms with van der Waals surface area (Å²) in [6, 6.07) is 1.49. The number of aldehydes is 1. The highest BCUT2D eigenvalue weighted by Crippen LogP contribution is 1.99. The Balaban J connectivity index is 2.88. The minimum absolute atomic E-state index is 0.224. The Morgan fingerprint density at radius 3 is 2.91 bits per heavy atom. The Hall–Kier alpha value is -1.58. The van der Waals surface area contributed by atoms with E-state index in [1.165, 1.54) is 19.3 Å². The van der Waals surface area contributed by atoms with E-state index in [0.29, 0.717) is 17.5 Å². The van der Waals surface area contributed by atoms with Crippen LogP contribution in [-0.2, 0) is 0 Å². The molecule has 0 radical (unpaired) electrons. The van der Waals surface area contributed by atoms with Crippen LogP contribution >= 0.6 is 0 Å². The lowest BCUT2D eigenvalue weighted by atomic mass is 10.3. The van der Waals surface area contributed by atoms with Crippen LogP contribution in [0, 0.1) is 0 Å². The fourth-order valence-corrected chi connectivity index (χ4v) is 0.745. The smallest absolute Gasteiger partial charge is 0.267 e. The summed E-state index contributed by atoms with van der Waals surface area (Å²) in [5, 5.41) is 2.43. The summed E-state index contributed by atoms with van der Waals surface area (Å²) >= 11 is 0. The van der Waals surface area contributed by atoms with Gasteiger partial charge in [-0.15, -0.1) is 0 Å². The van der Waals surface area contributed by atoms with Gasteiger partial charge in [0.05, 0.1) is 0 Å². The minimum atomic E-state index is -0.224. The molecule has 0 aromatic carbocycles. The summed E-state index contributed by atoms with van der Waals surface area (Å²) in [6.07, 6.45) is 2.17. The molecule has 0 saturated carbocycles. The van der Waals surface area contributed by atoms with E-state index in [9.17, 15) is 9.59 Å². The van der Waals surface area contributed by atoms with Crippen molar-refractivity contribution < 1.29 is 9.59 Å². The van der Waals surface area contributed by atoms with E-state index in [0.717, 1.165) is 0 Å². The molecule has 0 aliphatic carbocycles. The number of carbonyl (C=O) groups is 2. The lowest BCUT2D eigenvalue weighted by Gasteiger charge is -1.91. The molecule has 1 aromatic rings. The number of amides is 1. The van der Waals surface area contributed by atoms with Crippen molar-refractivity contribution in [3.8, 4) is 0 Å². The molecule has 4 nitrogen and oxygen atoms in total. The number of aromatic nitrogens is 1. The second kappa shape index (κ2) is 3.01. The maximum Gasteiger partial charge on any atom is 0.267 e. The highest BCUT2D eigenvalue weighted by Gasteiger charge is 2.04. The van der Waals surface area contributed by atoms with Gasteiger partial charge in [0.2, 0.25) is 0 Å². The summed E-state index contributed by atoms with van der Waals surface area (Å²) in [6.45, 7) is 0. The SMILES string of the molecule is CNC(=O)c1cc(C=O)c[nH]1. The van der Waals surface area contributed by atoms with Crippen LogP contribution in [0.15, 0.2) is 12.3 Å². The van der Waals surface area contributed by atoms with Crippen molar-refractivity contribution in [2.45, 2.75) is 0 Å². The van der Waals surface area contributed by atoms with E-state index < -0.39 is 0 Å². The Morgan fingerprint density at radius 2 is 2.45 bits per heavy atom. The van der Waals surface area contributed by atoms with Gasteiger partial charge in [-0.2, -0.15) is 0 Å². The van der Waals surface area contributed by atoms with Gasteiger partial charge in [0.25, 0.3) is 5.91 Å². The molecule has 0 fully saturated rings. The van der Waals surface area contributed by atoms with Gasteiger partial charge in [-0.25, -0.2) is 0 Å². The molecule has 58 valence electrons. The third-order valence-corrected chi connectivity index (χ3v) is 1.31. The normalized spacial score (nSPS) is 9.18. The lowest BCUT2D eigenvalue weighted by Crippen LogP contribution is -2.17. The average molecular weight is 152 g/mol. The zero-order chi connectivity index (χ0) is 8.27. The van der Waals surface area contributed by atoms with Gasteiger partial charge in [-0.05, 0) is 6.07 Å². The van der Waals surface area contributed by atoms with Gasteiger partial charge in [-0.1, -0.05) is 0 Å². The Labute approximate surface area is 63.6 Å². The molecule has 0 saturated heterocycles. The standard InChI is InChI=1S/C7H8N2O2/c1-8-7(11)6-2-5(4-10)3-9-6/h2-4,9H,1H3,(H,8,11). The largest absolute Gasteiger partial charge is 0.357 e. The molecule has 2 N–H and O–H groups in total. The average Bonchev–Trinajstić information content (AvgIpc) is 2.50. The van der Waals surface area contributed by atoms with Crippen LogP contribution in [0.1, 0.15) is 20.8 Å². The summed E-state index contributed by atoms with van der Waals surface area (Å²) in [5.74, 6) is -0.224. The van der Waals surface area contributed by atoms with Gasteiger partial charge in [0.1, 0.15) is 5.69 Å². The van der Waals surface area contributed by atoms with Crippen molar-refractivity contribution in [2.75, 3.05) is 7.05 Å². The predicted octanol–water partition coefficient (Wildman–Crippen LogP) is 0.187. The van der Waals surface area contributed by atoms with Crippen molar-refractivity contribution in [2.24, 2.45) is 0 Å². The van der Waals surface area contributed by atoms with Crippen molar-refractivity contribution in [1.29, 1.82) is 0 Å². The van der Waals surface area contributed by atoms with Gasteiger partial charge in [0, 0.05) is 18.8 Å². The van der Waals surface area contributed by atoms with Crippen molar-refractivity contribution in [1.82, 2.24) is 10.3 Å². The second-order valence-electron chi connectivity index (χ2n) is 2.04. The molecule has 0 aliphatic rings. The number of aromatic amines is 1. The highest BCUT2D eigenvalue weighted by atomic mass is 16.1. The number of hydrogen-bond donors (Lipinski definition) is 2. The minimum Gasteiger partial charge on any atom is -0.357 e. The van der Waals surface area contributed by atoms with Gasteiger partial charge >= 0.3 is 0 Å². The van der Waals surface area contributed by atoms with Crippen LogP contribution in [0.2, 0.25) is 0 Å². The molecular formula is C7H8N2O2. The van der Waals surface area contributed by atoms with E-state index >= 15 is 0 Å². The highest BCUT2D eigenvalue weighted by molar-refractivity contribution is 5.94. The molecule has 4 heteroatoms. The first-order chi connectivity index (χ1) is 5.27. The third-order valence-electron chi connectivity index (χ3n) is 1.31. The monoisotopic (exact) mass is 152 g/mol. The van der Waals surface area contributed by atoms with Crippen molar-refractivity contribution >= 4 is 12.2 Å². The third kappa shape index (κ3) is 1.46. The molecular weight excluding hydrogens is 144 g/mol. The maximum absolute atomic E-state index is 10.9. The number of hydrogen-bond acceptors (Lipinski definition) is 2. The van der Waals surface area contributed by atoms with Crippen molar-refractivity contribution in [3.63, 3.8) is 0 Å². The van der Waals surface area contributed by atoms with Crippen LogP contribution < -0.4 is 5.32 Å². The zero-order valence-electron chi connectivity index (χ0n) is 6.05. The van der Waals surface area contributed by atoms with Crippen LogP contribution in [0.5, 0.6) is 0 Å². The summed E-state index contributed by atoms with van der Waals surface area (Å²) in [5.41, 5.74) is 0.873. The lowest BCUT2D eigenvalue weighted by molar-refractivity contribution is 0.0958. The molecule has 0 unspecified atom stereocenters. The zero-order valence-corrected chi connectivity index (χ0v) is 6.05. The quantitative estimate of drug-likeness (QED) is 0.594. The summed E-state index contributed by atoms with van der Waals surface area (Å²) in [7, 11) is 1.53. The molecule has 1 rings (SSSR count). The van der Waals surface area contributed by atoms with E-state index in [1.807, 2.05) is 0 Å². The second-order valence-corrected chi connectivity index (χ2v) is 2.04. The van der Waals surface area contributed by atoms with Gasteiger partial charge in [0.15, 0.2) is 6.29 Å². The molecule has 0 bridgehead atoms. The number of H-pyrrole nitrogens is 1. The van der Waals surface area contributed by atoms with Gasteiger partial charge < -0.3 is 10.3 Å². The van der Waals surface area contributed by atoms with Crippen LogP contribution in [-0.4, -0.2) is 24.2 Å². The first-order valence-corrected chi connectivity index (χ1v) is 3.13. The molecule has 11 heavy (non-hydrogen) atoms. The van der Waals surface area contributed by atoms with Crippen molar-refractivity contribution in [3.05, 3.63) is 23.5 Å². The number of carbonyl (C=O) groups excluding carboxylic acids is 2. The first kappa shape index (κ1) is 7.53. The molecule has 0 atom stereocenters. The Kier molecular flexibility index (Phi) is 2.06. The Morgan fingerprint density at radius 1 is 1.73 bits per heavy atom. The van der Waals surface area contributed by atoms with Gasteiger partial charge in [-0.3, -0.25) is 9.59 Å².